The molecule has 0 spiro atoms. The molecule has 0 bridgehead atoms. The molecule has 4 aromatic rings. The summed E-state index contributed by atoms with van der Waals surface area (Å²) in [6.07, 6.45) is -6.33. The number of halogens is 3. The molecule has 1 amide bonds. The molecule has 1 heterocycles. The summed E-state index contributed by atoms with van der Waals surface area (Å²) in [5.41, 5.74) is -1.33. The van der Waals surface area contributed by atoms with Crippen molar-refractivity contribution in [3.8, 4) is 0 Å². The van der Waals surface area contributed by atoms with Gasteiger partial charge in [0, 0.05) is 12.2 Å². The van der Waals surface area contributed by atoms with Crippen LogP contribution in [0.5, 0.6) is 0 Å². The second kappa shape index (κ2) is 10.8. The van der Waals surface area contributed by atoms with Gasteiger partial charge in [-0.3, -0.25) is 14.4 Å². The van der Waals surface area contributed by atoms with E-state index in [0.717, 1.165) is 16.8 Å². The normalized spacial score (nSPS) is 13.2. The molecule has 0 aliphatic rings. The predicted molar refractivity (Wildman–Crippen MR) is 130 cm³/mol. The first kappa shape index (κ1) is 26.5. The molecule has 0 saturated carbocycles. The lowest BCUT2D eigenvalue weighted by atomic mass is 9.92. The summed E-state index contributed by atoms with van der Waals surface area (Å²) in [7, 11) is 0. The Labute approximate surface area is 213 Å². The van der Waals surface area contributed by atoms with Crippen molar-refractivity contribution in [3.63, 3.8) is 0 Å². The van der Waals surface area contributed by atoms with Crippen LogP contribution in [0.2, 0.25) is 0 Å². The highest BCUT2D eigenvalue weighted by atomic mass is 19.4. The number of nitrogens with one attached hydrogen (secondary N) is 1. The molecule has 0 aliphatic heterocycles. The fourth-order valence-corrected chi connectivity index (χ4v) is 3.97. The van der Waals surface area contributed by atoms with E-state index >= 15 is 0 Å². The monoisotopic (exact) mass is 526 g/mol. The topological polar surface area (TPSA) is 134 Å². The first-order chi connectivity index (χ1) is 18.1. The quantitative estimate of drug-likeness (QED) is 0.317. The molecule has 12 heteroatoms. The summed E-state index contributed by atoms with van der Waals surface area (Å²) >= 11 is 0. The van der Waals surface area contributed by atoms with E-state index in [1.807, 2.05) is 0 Å². The van der Waals surface area contributed by atoms with Gasteiger partial charge in [0.25, 0.3) is 11.5 Å². The number of rotatable bonds is 8. The van der Waals surface area contributed by atoms with Crippen LogP contribution in [0, 0.1) is 5.92 Å². The van der Waals surface area contributed by atoms with Crippen LogP contribution < -0.4 is 10.9 Å². The number of benzene rings is 3. The van der Waals surface area contributed by atoms with E-state index in [-0.39, 0.29) is 24.2 Å². The zero-order valence-corrected chi connectivity index (χ0v) is 19.6. The van der Waals surface area contributed by atoms with Crippen LogP contribution in [-0.4, -0.2) is 37.1 Å². The standard InChI is InChI=1S/C26H21F3N4O5/c27-26(28,29)20-7-3-1-5-17(20)23(35)30-16-11-9-15(10-12-16)22(34)19(25(37)38)13-14-33-24(36)18-6-2-4-8-21(18)31-32-33/h1-12,19,22,34H,13-14H2,(H,30,35)(H,37,38)/t19-,22+/m0/s1. The van der Waals surface area contributed by atoms with Gasteiger partial charge < -0.3 is 15.5 Å². The minimum Gasteiger partial charge on any atom is -0.481 e. The number of hydrogen-bond acceptors (Lipinski definition) is 6. The zero-order valence-electron chi connectivity index (χ0n) is 19.6. The predicted octanol–water partition coefficient (Wildman–Crippen LogP) is 3.89. The summed E-state index contributed by atoms with van der Waals surface area (Å²) in [4.78, 5) is 36.9. The molecule has 0 saturated heterocycles. The fourth-order valence-electron chi connectivity index (χ4n) is 3.97. The third-order valence-electron chi connectivity index (χ3n) is 5.97. The number of carboxylic acid groups (broad SMARTS) is 1. The lowest BCUT2D eigenvalue weighted by Crippen LogP contribution is -2.29. The van der Waals surface area contributed by atoms with Gasteiger partial charge in [0.05, 0.1) is 28.5 Å². The number of aliphatic hydroxyl groups is 1. The Hall–Kier alpha value is -4.58. The first-order valence-corrected chi connectivity index (χ1v) is 11.4. The number of aromatic nitrogens is 3. The van der Waals surface area contributed by atoms with Crippen molar-refractivity contribution in [2.24, 2.45) is 5.92 Å². The van der Waals surface area contributed by atoms with Gasteiger partial charge in [-0.1, -0.05) is 41.6 Å². The molecule has 2 atom stereocenters. The Kier molecular flexibility index (Phi) is 7.53. The lowest BCUT2D eigenvalue weighted by Gasteiger charge is -2.20. The van der Waals surface area contributed by atoms with Crippen molar-refractivity contribution < 1.29 is 33.0 Å². The average molecular weight is 526 g/mol. The third kappa shape index (κ3) is 5.70. The number of aliphatic carboxylic acids is 1. The van der Waals surface area contributed by atoms with E-state index in [1.54, 1.807) is 24.3 Å². The molecule has 3 aromatic carbocycles. The molecule has 4 rings (SSSR count). The average Bonchev–Trinajstić information content (AvgIpc) is 2.89. The summed E-state index contributed by atoms with van der Waals surface area (Å²) in [5.74, 6) is -3.59. The van der Waals surface area contributed by atoms with Crippen LogP contribution >= 0.6 is 0 Å². The third-order valence-corrected chi connectivity index (χ3v) is 5.97. The summed E-state index contributed by atoms with van der Waals surface area (Å²) in [6.45, 7) is -0.114. The van der Waals surface area contributed by atoms with E-state index in [9.17, 15) is 37.8 Å². The number of nitrogens with zero attached hydrogens (tertiary/aromatic N) is 3. The Morgan fingerprint density at radius 3 is 2.32 bits per heavy atom. The highest BCUT2D eigenvalue weighted by Crippen LogP contribution is 2.32. The minimum absolute atomic E-state index is 0.114. The van der Waals surface area contributed by atoms with Crippen LogP contribution in [0.4, 0.5) is 18.9 Å². The highest BCUT2D eigenvalue weighted by Gasteiger charge is 2.35. The van der Waals surface area contributed by atoms with Gasteiger partial charge >= 0.3 is 12.1 Å². The van der Waals surface area contributed by atoms with Crippen molar-refractivity contribution in [1.82, 2.24) is 15.0 Å². The van der Waals surface area contributed by atoms with Gasteiger partial charge in [-0.2, -0.15) is 13.2 Å². The van der Waals surface area contributed by atoms with Crippen LogP contribution in [0.3, 0.4) is 0 Å². The molecule has 3 N–H and O–H groups in total. The number of carbonyl (C=O) groups is 2. The number of aliphatic hydroxyl groups excluding tert-OH is 1. The number of carbonyl (C=O) groups excluding carboxylic acids is 1. The molecule has 0 unspecified atom stereocenters. The van der Waals surface area contributed by atoms with Gasteiger partial charge in [0.2, 0.25) is 0 Å². The van der Waals surface area contributed by atoms with Crippen LogP contribution in [0.1, 0.15) is 34.0 Å². The number of fused-ring (bicyclic) bond motifs is 1. The van der Waals surface area contributed by atoms with E-state index in [2.05, 4.69) is 15.6 Å². The number of hydrogen-bond donors (Lipinski definition) is 3. The Morgan fingerprint density at radius 1 is 0.974 bits per heavy atom. The van der Waals surface area contributed by atoms with Crippen molar-refractivity contribution in [2.45, 2.75) is 25.2 Å². The molecule has 0 radical (unpaired) electrons. The second-order valence-corrected chi connectivity index (χ2v) is 8.43. The minimum atomic E-state index is -4.71. The van der Waals surface area contributed by atoms with Gasteiger partial charge in [-0.25, -0.2) is 4.68 Å². The van der Waals surface area contributed by atoms with E-state index in [4.69, 9.17) is 0 Å². The van der Waals surface area contributed by atoms with Gasteiger partial charge in [0.15, 0.2) is 0 Å². The summed E-state index contributed by atoms with van der Waals surface area (Å²) < 4.78 is 40.7. The lowest BCUT2D eigenvalue weighted by molar-refractivity contribution is -0.146. The Bertz CT molecular complexity index is 1540. The second-order valence-electron chi connectivity index (χ2n) is 8.43. The molecule has 38 heavy (non-hydrogen) atoms. The SMILES string of the molecule is O=C(Nc1ccc([C@@H](O)[C@H](CCn2nnc3ccccc3c2=O)C(=O)O)cc1)c1ccccc1C(F)(F)F. The molecular formula is C26H21F3N4O5. The number of carboxylic acids is 1. The maximum absolute atomic E-state index is 13.2. The molecule has 9 nitrogen and oxygen atoms in total. The molecular weight excluding hydrogens is 505 g/mol. The van der Waals surface area contributed by atoms with E-state index < -0.39 is 46.8 Å². The zero-order chi connectivity index (χ0) is 27.4. The van der Waals surface area contributed by atoms with Gasteiger partial charge in [-0.15, -0.1) is 5.10 Å². The maximum atomic E-state index is 13.2. The van der Waals surface area contributed by atoms with Gasteiger partial charge in [0.1, 0.15) is 5.52 Å². The molecule has 1 aromatic heterocycles. The van der Waals surface area contributed by atoms with Gasteiger partial charge in [-0.05, 0) is 48.4 Å². The van der Waals surface area contributed by atoms with E-state index in [0.29, 0.717) is 10.9 Å². The van der Waals surface area contributed by atoms with Crippen molar-refractivity contribution >= 4 is 28.5 Å². The van der Waals surface area contributed by atoms with Crippen LogP contribution in [0.25, 0.3) is 10.9 Å². The van der Waals surface area contributed by atoms with Crippen molar-refractivity contribution in [3.05, 3.63) is 99.8 Å². The van der Waals surface area contributed by atoms with Crippen LogP contribution in [0.15, 0.2) is 77.6 Å². The molecule has 0 fully saturated rings. The largest absolute Gasteiger partial charge is 0.481 e. The van der Waals surface area contributed by atoms with E-state index in [1.165, 1.54) is 36.4 Å². The highest BCUT2D eigenvalue weighted by molar-refractivity contribution is 6.05. The number of aryl methyl sites for hydroxylation is 1. The maximum Gasteiger partial charge on any atom is 0.417 e. The van der Waals surface area contributed by atoms with Crippen molar-refractivity contribution in [1.29, 1.82) is 0 Å². The molecule has 0 aliphatic carbocycles. The van der Waals surface area contributed by atoms with Crippen molar-refractivity contribution in [2.75, 3.05) is 5.32 Å². The smallest absolute Gasteiger partial charge is 0.417 e. The fraction of sp³-hybridized carbons (Fsp3) is 0.192. The Balaban J connectivity index is 1.46. The number of alkyl halides is 3. The number of amides is 1. The summed E-state index contributed by atoms with van der Waals surface area (Å²) in [5, 5.41) is 30.9. The first-order valence-electron chi connectivity index (χ1n) is 11.4. The Morgan fingerprint density at radius 2 is 1.63 bits per heavy atom. The number of anilines is 1. The summed E-state index contributed by atoms with van der Waals surface area (Å²) in [6, 6.07) is 16.3. The molecule has 196 valence electrons. The van der Waals surface area contributed by atoms with Crippen LogP contribution in [-0.2, 0) is 17.5 Å².